The van der Waals surface area contributed by atoms with Crippen LogP contribution in [0, 0.1) is 0 Å². The largest absolute Gasteiger partial charge is 0.491 e. The van der Waals surface area contributed by atoms with E-state index in [-0.39, 0.29) is 11.8 Å². The molecule has 1 atom stereocenters. The van der Waals surface area contributed by atoms with E-state index >= 15 is 0 Å². The van der Waals surface area contributed by atoms with E-state index in [1.807, 2.05) is 32.0 Å². The topological polar surface area (TPSA) is 77.2 Å². The highest BCUT2D eigenvalue weighted by atomic mass is 16.5. The van der Waals surface area contributed by atoms with E-state index in [0.29, 0.717) is 5.69 Å². The molecule has 2 rings (SSSR count). The number of benzene rings is 1. The van der Waals surface area contributed by atoms with Crippen molar-refractivity contribution in [3.8, 4) is 11.4 Å². The Morgan fingerprint density at radius 1 is 1.53 bits per heavy atom. The summed E-state index contributed by atoms with van der Waals surface area (Å²) in [6.45, 7) is 4.04. The van der Waals surface area contributed by atoms with Crippen molar-refractivity contribution in [2.24, 2.45) is 0 Å². The van der Waals surface area contributed by atoms with Gasteiger partial charge in [0, 0.05) is 6.07 Å². The van der Waals surface area contributed by atoms with Crippen LogP contribution in [-0.4, -0.2) is 32.2 Å². The Kier molecular flexibility index (Phi) is 3.79. The van der Waals surface area contributed by atoms with Gasteiger partial charge in [0.25, 0.3) is 0 Å². The van der Waals surface area contributed by atoms with Gasteiger partial charge in [0.2, 0.25) is 0 Å². The van der Waals surface area contributed by atoms with Crippen LogP contribution in [0.15, 0.2) is 30.5 Å². The number of carboxylic acid groups (broad SMARTS) is 1. The van der Waals surface area contributed by atoms with Crippen molar-refractivity contribution in [2.45, 2.75) is 26.4 Å². The van der Waals surface area contributed by atoms with E-state index in [1.54, 1.807) is 6.07 Å². The number of aromatic nitrogens is 3. The molecule has 0 fully saturated rings. The average Bonchev–Trinajstić information content (AvgIpc) is 2.88. The van der Waals surface area contributed by atoms with Crippen LogP contribution in [-0.2, 0) is 0 Å². The molecule has 0 bridgehead atoms. The molecule has 0 radical (unpaired) electrons. The fraction of sp³-hybridized carbons (Fsp3) is 0.308. The first-order valence-corrected chi connectivity index (χ1v) is 6.03. The first-order chi connectivity index (χ1) is 9.10. The summed E-state index contributed by atoms with van der Waals surface area (Å²) in [7, 11) is 0. The molecule has 0 saturated carbocycles. The summed E-state index contributed by atoms with van der Waals surface area (Å²) in [5.41, 5.74) is 0.619. The Labute approximate surface area is 110 Å². The van der Waals surface area contributed by atoms with Crippen LogP contribution in [0.5, 0.6) is 5.75 Å². The number of carbonyl (C=O) groups is 1. The standard InChI is InChI=1S/C13H15N3O3/c1-3-9(2)19-11-6-4-5-10(7-11)16-8-12(13(17)18)14-15-16/h4-9H,3H2,1-2H3,(H,17,18). The highest BCUT2D eigenvalue weighted by Gasteiger charge is 2.10. The van der Waals surface area contributed by atoms with Crippen LogP contribution >= 0.6 is 0 Å². The number of hydrogen-bond acceptors (Lipinski definition) is 4. The van der Waals surface area contributed by atoms with Crippen molar-refractivity contribution in [3.63, 3.8) is 0 Å². The quantitative estimate of drug-likeness (QED) is 0.892. The summed E-state index contributed by atoms with van der Waals surface area (Å²) in [4.78, 5) is 10.8. The molecule has 0 spiro atoms. The third kappa shape index (κ3) is 3.09. The molecule has 1 N–H and O–H groups in total. The molecule has 1 aromatic carbocycles. The predicted octanol–water partition coefficient (Wildman–Crippen LogP) is 2.14. The van der Waals surface area contributed by atoms with Crippen LogP contribution in [0.2, 0.25) is 0 Å². The maximum absolute atomic E-state index is 10.8. The Morgan fingerprint density at radius 2 is 2.32 bits per heavy atom. The summed E-state index contributed by atoms with van der Waals surface area (Å²) in [5, 5.41) is 16.2. The van der Waals surface area contributed by atoms with Crippen molar-refractivity contribution in [1.82, 2.24) is 15.0 Å². The summed E-state index contributed by atoms with van der Waals surface area (Å²) < 4.78 is 7.11. The molecule has 1 heterocycles. The highest BCUT2D eigenvalue weighted by Crippen LogP contribution is 2.18. The number of rotatable bonds is 5. The Hall–Kier alpha value is -2.37. The molecule has 0 aliphatic rings. The molecule has 2 aromatic rings. The Bertz CT molecular complexity index is 580. The summed E-state index contributed by atoms with van der Waals surface area (Å²) in [6.07, 6.45) is 2.40. The van der Waals surface area contributed by atoms with Crippen LogP contribution in [0.25, 0.3) is 5.69 Å². The van der Waals surface area contributed by atoms with Crippen LogP contribution < -0.4 is 4.74 Å². The SMILES string of the molecule is CCC(C)Oc1cccc(-n2cc(C(=O)O)nn2)c1. The second-order valence-electron chi connectivity index (χ2n) is 4.19. The van der Waals surface area contributed by atoms with E-state index in [9.17, 15) is 4.79 Å². The molecular weight excluding hydrogens is 246 g/mol. The van der Waals surface area contributed by atoms with Crippen LogP contribution in [0.3, 0.4) is 0 Å². The van der Waals surface area contributed by atoms with Crippen molar-refractivity contribution in [2.75, 3.05) is 0 Å². The fourth-order valence-electron chi connectivity index (χ4n) is 1.50. The van der Waals surface area contributed by atoms with Gasteiger partial charge >= 0.3 is 5.97 Å². The lowest BCUT2D eigenvalue weighted by Crippen LogP contribution is -2.09. The Balaban J connectivity index is 2.24. The molecule has 100 valence electrons. The maximum atomic E-state index is 10.8. The van der Waals surface area contributed by atoms with Gasteiger partial charge in [-0.25, -0.2) is 9.48 Å². The van der Waals surface area contributed by atoms with E-state index in [2.05, 4.69) is 10.3 Å². The van der Waals surface area contributed by atoms with Gasteiger partial charge < -0.3 is 9.84 Å². The first kappa shape index (κ1) is 13.1. The minimum Gasteiger partial charge on any atom is -0.491 e. The third-order valence-corrected chi connectivity index (χ3v) is 2.71. The average molecular weight is 261 g/mol. The monoisotopic (exact) mass is 261 g/mol. The lowest BCUT2D eigenvalue weighted by atomic mass is 10.3. The summed E-state index contributed by atoms with van der Waals surface area (Å²) in [6, 6.07) is 7.29. The van der Waals surface area contributed by atoms with Crippen LogP contribution in [0.4, 0.5) is 0 Å². The van der Waals surface area contributed by atoms with Gasteiger partial charge in [0.05, 0.1) is 18.0 Å². The molecule has 6 nitrogen and oxygen atoms in total. The second kappa shape index (κ2) is 5.51. The van der Waals surface area contributed by atoms with Gasteiger partial charge in [0.15, 0.2) is 5.69 Å². The smallest absolute Gasteiger partial charge is 0.358 e. The normalized spacial score (nSPS) is 12.1. The molecule has 0 aliphatic carbocycles. The van der Waals surface area contributed by atoms with E-state index < -0.39 is 5.97 Å². The zero-order valence-corrected chi connectivity index (χ0v) is 10.8. The molecule has 0 saturated heterocycles. The van der Waals surface area contributed by atoms with Gasteiger partial charge in [-0.2, -0.15) is 0 Å². The number of nitrogens with zero attached hydrogens (tertiary/aromatic N) is 3. The molecule has 1 unspecified atom stereocenters. The van der Waals surface area contributed by atoms with Crippen molar-refractivity contribution in [1.29, 1.82) is 0 Å². The summed E-state index contributed by atoms with van der Waals surface area (Å²) in [5.74, 6) is -0.377. The first-order valence-electron chi connectivity index (χ1n) is 6.03. The molecule has 1 aromatic heterocycles. The van der Waals surface area contributed by atoms with Gasteiger partial charge in [0.1, 0.15) is 5.75 Å². The second-order valence-corrected chi connectivity index (χ2v) is 4.19. The number of ether oxygens (including phenoxy) is 1. The van der Waals surface area contributed by atoms with E-state index in [4.69, 9.17) is 9.84 Å². The minimum absolute atomic E-state index is 0.0896. The van der Waals surface area contributed by atoms with E-state index in [1.165, 1.54) is 10.9 Å². The zero-order valence-electron chi connectivity index (χ0n) is 10.8. The molecule has 0 aliphatic heterocycles. The van der Waals surface area contributed by atoms with Gasteiger partial charge in [-0.15, -0.1) is 5.10 Å². The van der Waals surface area contributed by atoms with Crippen molar-refractivity contribution >= 4 is 5.97 Å². The predicted molar refractivity (Wildman–Crippen MR) is 68.7 cm³/mol. The van der Waals surface area contributed by atoms with Crippen LogP contribution in [0.1, 0.15) is 30.8 Å². The maximum Gasteiger partial charge on any atom is 0.358 e. The van der Waals surface area contributed by atoms with Gasteiger partial charge in [-0.1, -0.05) is 18.2 Å². The highest BCUT2D eigenvalue weighted by molar-refractivity contribution is 5.84. The van der Waals surface area contributed by atoms with E-state index in [0.717, 1.165) is 12.2 Å². The fourth-order valence-corrected chi connectivity index (χ4v) is 1.50. The van der Waals surface area contributed by atoms with Gasteiger partial charge in [-0.05, 0) is 25.5 Å². The minimum atomic E-state index is -1.10. The summed E-state index contributed by atoms with van der Waals surface area (Å²) >= 11 is 0. The molecular formula is C13H15N3O3. The zero-order chi connectivity index (χ0) is 13.8. The van der Waals surface area contributed by atoms with Crippen molar-refractivity contribution < 1.29 is 14.6 Å². The lowest BCUT2D eigenvalue weighted by molar-refractivity contribution is 0.0690. The number of aromatic carboxylic acids is 1. The third-order valence-electron chi connectivity index (χ3n) is 2.71. The molecule has 6 heteroatoms. The molecule has 19 heavy (non-hydrogen) atoms. The van der Waals surface area contributed by atoms with Crippen molar-refractivity contribution in [3.05, 3.63) is 36.2 Å². The molecule has 0 amide bonds. The Morgan fingerprint density at radius 3 is 2.95 bits per heavy atom. The lowest BCUT2D eigenvalue weighted by Gasteiger charge is -2.13. The van der Waals surface area contributed by atoms with Gasteiger partial charge in [-0.3, -0.25) is 0 Å². The number of hydrogen-bond donors (Lipinski definition) is 1. The number of carboxylic acids is 1.